The summed E-state index contributed by atoms with van der Waals surface area (Å²) < 4.78 is 0. The van der Waals surface area contributed by atoms with Gasteiger partial charge in [-0.2, -0.15) is 0 Å². The summed E-state index contributed by atoms with van der Waals surface area (Å²) in [7, 11) is 0. The molecule has 3 heterocycles. The zero-order valence-corrected chi connectivity index (χ0v) is 18.9. The van der Waals surface area contributed by atoms with E-state index in [-0.39, 0.29) is 16.9 Å². The molecule has 6 heteroatoms. The van der Waals surface area contributed by atoms with E-state index in [1.165, 1.54) is 18.9 Å². The van der Waals surface area contributed by atoms with E-state index in [0.29, 0.717) is 30.6 Å². The Labute approximate surface area is 185 Å². The number of aromatic amines is 1. The summed E-state index contributed by atoms with van der Waals surface area (Å²) in [5, 5.41) is 0. The molecule has 2 saturated heterocycles. The fraction of sp³-hybridized carbons (Fsp3) is 0.720. The number of hydrogen-bond acceptors (Lipinski definition) is 3. The number of H-pyrrole nitrogens is 1. The van der Waals surface area contributed by atoms with Crippen molar-refractivity contribution in [3.8, 4) is 0 Å². The summed E-state index contributed by atoms with van der Waals surface area (Å²) in [5.41, 5.74) is 0.655. The maximum absolute atomic E-state index is 13.0. The van der Waals surface area contributed by atoms with Gasteiger partial charge in [0.2, 0.25) is 17.4 Å². The highest BCUT2D eigenvalue weighted by Crippen LogP contribution is 2.46. The first-order chi connectivity index (χ1) is 15.0. The van der Waals surface area contributed by atoms with Crippen LogP contribution in [-0.4, -0.2) is 52.8 Å². The number of rotatable bonds is 6. The van der Waals surface area contributed by atoms with Gasteiger partial charge in [0.15, 0.2) is 0 Å². The van der Waals surface area contributed by atoms with E-state index in [1.54, 1.807) is 6.07 Å². The third-order valence-corrected chi connectivity index (χ3v) is 8.18. The van der Waals surface area contributed by atoms with E-state index in [2.05, 4.69) is 16.8 Å². The van der Waals surface area contributed by atoms with Gasteiger partial charge in [-0.15, -0.1) is 0 Å². The summed E-state index contributed by atoms with van der Waals surface area (Å²) in [5.74, 6) is 1.76. The summed E-state index contributed by atoms with van der Waals surface area (Å²) in [6.45, 7) is 5.62. The fourth-order valence-corrected chi connectivity index (χ4v) is 5.89. The minimum absolute atomic E-state index is 0.0517. The maximum Gasteiger partial charge on any atom is 0.248 e. The van der Waals surface area contributed by atoms with Gasteiger partial charge in [-0.3, -0.25) is 14.4 Å². The minimum Gasteiger partial charge on any atom is -0.342 e. The SMILES string of the molecule is CCC1(C(=O)N2CCC(C3CCCN(C(=O)CCc4cccc(=O)[nH]4)C3)CC2)CCC1. The molecule has 0 aromatic carbocycles. The minimum atomic E-state index is -0.116. The Balaban J connectivity index is 1.25. The van der Waals surface area contributed by atoms with Gasteiger partial charge in [0.1, 0.15) is 0 Å². The molecule has 1 aromatic rings. The average Bonchev–Trinajstić information content (AvgIpc) is 2.77. The van der Waals surface area contributed by atoms with Crippen LogP contribution in [0.25, 0.3) is 0 Å². The molecule has 170 valence electrons. The predicted molar refractivity (Wildman–Crippen MR) is 121 cm³/mol. The van der Waals surface area contributed by atoms with Crippen LogP contribution in [0, 0.1) is 17.3 Å². The Bertz CT molecular complexity index is 831. The third kappa shape index (κ3) is 4.88. The number of pyridine rings is 1. The second-order valence-corrected chi connectivity index (χ2v) is 9.90. The highest BCUT2D eigenvalue weighted by Gasteiger charge is 2.45. The summed E-state index contributed by atoms with van der Waals surface area (Å²) in [6.07, 6.45) is 9.73. The molecular weight excluding hydrogens is 390 g/mol. The summed E-state index contributed by atoms with van der Waals surface area (Å²) >= 11 is 0. The second-order valence-electron chi connectivity index (χ2n) is 9.90. The van der Waals surface area contributed by atoms with Crippen molar-refractivity contribution < 1.29 is 9.59 Å². The molecule has 2 aliphatic heterocycles. The van der Waals surface area contributed by atoms with Crippen molar-refractivity contribution in [2.45, 2.75) is 71.1 Å². The third-order valence-electron chi connectivity index (χ3n) is 8.18. The first kappa shape index (κ1) is 22.1. The largest absolute Gasteiger partial charge is 0.342 e. The van der Waals surface area contributed by atoms with Gasteiger partial charge in [0.05, 0.1) is 0 Å². The molecule has 0 bridgehead atoms. The van der Waals surface area contributed by atoms with Gasteiger partial charge < -0.3 is 14.8 Å². The van der Waals surface area contributed by atoms with Crippen LogP contribution in [0.2, 0.25) is 0 Å². The van der Waals surface area contributed by atoms with Crippen LogP contribution < -0.4 is 5.56 Å². The Morgan fingerprint density at radius 1 is 1.03 bits per heavy atom. The summed E-state index contributed by atoms with van der Waals surface area (Å²) in [6, 6.07) is 5.10. The van der Waals surface area contributed by atoms with Crippen molar-refractivity contribution in [2.75, 3.05) is 26.2 Å². The number of hydrogen-bond donors (Lipinski definition) is 1. The topological polar surface area (TPSA) is 73.5 Å². The quantitative estimate of drug-likeness (QED) is 0.756. The van der Waals surface area contributed by atoms with E-state index < -0.39 is 0 Å². The van der Waals surface area contributed by atoms with Crippen molar-refractivity contribution in [1.82, 2.24) is 14.8 Å². The number of carbonyl (C=O) groups excluding carboxylic acids is 2. The van der Waals surface area contributed by atoms with Gasteiger partial charge in [-0.25, -0.2) is 0 Å². The monoisotopic (exact) mass is 427 g/mol. The van der Waals surface area contributed by atoms with Crippen LogP contribution in [0.1, 0.15) is 70.4 Å². The molecule has 0 radical (unpaired) electrons. The van der Waals surface area contributed by atoms with Crippen molar-refractivity contribution in [3.05, 3.63) is 34.2 Å². The molecule has 1 saturated carbocycles. The molecule has 4 rings (SSSR count). The Hall–Kier alpha value is -2.11. The van der Waals surface area contributed by atoms with E-state index >= 15 is 0 Å². The number of carbonyl (C=O) groups is 2. The molecule has 6 nitrogen and oxygen atoms in total. The number of nitrogens with zero attached hydrogens (tertiary/aromatic N) is 2. The van der Waals surface area contributed by atoms with Crippen molar-refractivity contribution in [2.24, 2.45) is 17.3 Å². The van der Waals surface area contributed by atoms with Crippen molar-refractivity contribution in [3.63, 3.8) is 0 Å². The van der Waals surface area contributed by atoms with E-state index in [4.69, 9.17) is 0 Å². The molecule has 1 N–H and O–H groups in total. The number of piperidine rings is 2. The standard InChI is InChI=1S/C25H37N3O3/c1-2-25(13-5-14-25)24(31)27-16-11-19(12-17-27)20-6-4-15-28(18-20)23(30)10-9-21-7-3-8-22(29)26-21/h3,7-8,19-20H,2,4-6,9-18H2,1H3,(H,26,29). The Morgan fingerprint density at radius 3 is 2.45 bits per heavy atom. The lowest BCUT2D eigenvalue weighted by Crippen LogP contribution is -2.51. The van der Waals surface area contributed by atoms with Crippen LogP contribution in [-0.2, 0) is 16.0 Å². The van der Waals surface area contributed by atoms with E-state index in [1.807, 2.05) is 11.0 Å². The lowest BCUT2D eigenvalue weighted by molar-refractivity contribution is -0.149. The van der Waals surface area contributed by atoms with Gasteiger partial charge in [0, 0.05) is 49.8 Å². The van der Waals surface area contributed by atoms with Crippen LogP contribution in [0.4, 0.5) is 0 Å². The summed E-state index contributed by atoms with van der Waals surface area (Å²) in [4.78, 5) is 44.2. The Morgan fingerprint density at radius 2 is 1.81 bits per heavy atom. The van der Waals surface area contributed by atoms with Crippen LogP contribution in [0.5, 0.6) is 0 Å². The van der Waals surface area contributed by atoms with Crippen molar-refractivity contribution in [1.29, 1.82) is 0 Å². The van der Waals surface area contributed by atoms with Crippen LogP contribution >= 0.6 is 0 Å². The number of amides is 2. The van der Waals surface area contributed by atoms with Crippen LogP contribution in [0.3, 0.4) is 0 Å². The van der Waals surface area contributed by atoms with E-state index in [0.717, 1.165) is 70.4 Å². The zero-order valence-electron chi connectivity index (χ0n) is 18.9. The molecular formula is C25H37N3O3. The fourth-order valence-electron chi connectivity index (χ4n) is 5.89. The zero-order chi connectivity index (χ0) is 21.8. The molecule has 2 amide bonds. The van der Waals surface area contributed by atoms with Gasteiger partial charge in [0.25, 0.3) is 0 Å². The normalized spacial score (nSPS) is 24.0. The molecule has 0 spiro atoms. The number of nitrogens with one attached hydrogen (secondary N) is 1. The number of aromatic nitrogens is 1. The first-order valence-corrected chi connectivity index (χ1v) is 12.3. The average molecular weight is 428 g/mol. The molecule has 1 aromatic heterocycles. The highest BCUT2D eigenvalue weighted by atomic mass is 16.2. The second kappa shape index (κ2) is 9.58. The smallest absolute Gasteiger partial charge is 0.248 e. The molecule has 1 atom stereocenters. The van der Waals surface area contributed by atoms with E-state index in [9.17, 15) is 14.4 Å². The molecule has 1 aliphatic carbocycles. The molecule has 3 aliphatic rings. The lowest BCUT2D eigenvalue weighted by atomic mass is 9.65. The highest BCUT2D eigenvalue weighted by molar-refractivity contribution is 5.83. The van der Waals surface area contributed by atoms with Gasteiger partial charge in [-0.1, -0.05) is 19.4 Å². The first-order valence-electron chi connectivity index (χ1n) is 12.3. The molecule has 1 unspecified atom stereocenters. The number of likely N-dealkylation sites (tertiary alicyclic amines) is 2. The maximum atomic E-state index is 13.0. The van der Waals surface area contributed by atoms with Gasteiger partial charge in [-0.05, 0) is 69.3 Å². The van der Waals surface area contributed by atoms with Crippen LogP contribution in [0.15, 0.2) is 23.0 Å². The van der Waals surface area contributed by atoms with Gasteiger partial charge >= 0.3 is 0 Å². The van der Waals surface area contributed by atoms with Crippen molar-refractivity contribution >= 4 is 11.8 Å². The Kier molecular flexibility index (Phi) is 6.83. The lowest BCUT2D eigenvalue weighted by Gasteiger charge is -2.46. The molecule has 31 heavy (non-hydrogen) atoms. The number of aryl methyl sites for hydroxylation is 1. The predicted octanol–water partition coefficient (Wildman–Crippen LogP) is 3.37. The molecule has 3 fully saturated rings.